The maximum atomic E-state index is 13.5. The molecule has 0 radical (unpaired) electrons. The van der Waals surface area contributed by atoms with E-state index in [1.807, 2.05) is 0 Å². The summed E-state index contributed by atoms with van der Waals surface area (Å²) in [7, 11) is 0. The molecule has 146 valence electrons. The van der Waals surface area contributed by atoms with Gasteiger partial charge in [0.2, 0.25) is 0 Å². The van der Waals surface area contributed by atoms with Crippen LogP contribution in [0.2, 0.25) is 0 Å². The minimum atomic E-state index is -5.14. The van der Waals surface area contributed by atoms with Crippen molar-refractivity contribution in [3.05, 3.63) is 65.6 Å². The van der Waals surface area contributed by atoms with E-state index in [1.165, 1.54) is 24.5 Å². The lowest BCUT2D eigenvalue weighted by molar-refractivity contribution is -0.143. The molecule has 11 heteroatoms. The summed E-state index contributed by atoms with van der Waals surface area (Å²) in [4.78, 5) is 15.0. The van der Waals surface area contributed by atoms with Gasteiger partial charge in [-0.3, -0.25) is 4.98 Å². The highest BCUT2D eigenvalue weighted by molar-refractivity contribution is 5.87. The first kappa shape index (κ1) is 19.4. The molecule has 0 saturated heterocycles. The van der Waals surface area contributed by atoms with Crippen LogP contribution in [0.1, 0.15) is 21.6 Å². The monoisotopic (exact) mass is 401 g/mol. The lowest BCUT2D eigenvalue weighted by Gasteiger charge is -2.17. The number of hydrogen-bond donors (Lipinski definition) is 1. The molecule has 0 saturated carbocycles. The highest BCUT2D eigenvalue weighted by Gasteiger charge is 2.39. The van der Waals surface area contributed by atoms with Crippen LogP contribution in [0.3, 0.4) is 0 Å². The van der Waals surface area contributed by atoms with E-state index in [0.717, 1.165) is 6.07 Å². The molecule has 1 aromatic carbocycles. The predicted octanol–water partition coefficient (Wildman–Crippen LogP) is 4.67. The average Bonchev–Trinajstić information content (AvgIpc) is 3.06. The largest absolute Gasteiger partial charge is 0.476 e. The number of carboxylic acids is 1. The van der Waals surface area contributed by atoms with Gasteiger partial charge >= 0.3 is 18.3 Å². The van der Waals surface area contributed by atoms with Gasteiger partial charge in [-0.05, 0) is 36.4 Å². The lowest BCUT2D eigenvalue weighted by atomic mass is 10.1. The van der Waals surface area contributed by atoms with Crippen molar-refractivity contribution < 1.29 is 36.2 Å². The van der Waals surface area contributed by atoms with E-state index in [0.29, 0.717) is 16.8 Å². The van der Waals surface area contributed by atoms with Crippen molar-refractivity contribution in [1.82, 2.24) is 14.8 Å². The Hall–Kier alpha value is -3.37. The third-order valence-electron chi connectivity index (χ3n) is 3.74. The molecule has 0 aliphatic rings. The number of carboxylic acid groups (broad SMARTS) is 1. The third kappa shape index (κ3) is 3.68. The molecule has 0 fully saturated rings. The second-order valence-electron chi connectivity index (χ2n) is 5.60. The number of halogens is 6. The number of alkyl halides is 6. The zero-order chi connectivity index (χ0) is 20.7. The number of hydrogen-bond acceptors (Lipinski definition) is 3. The molecular formula is C17H9F6N3O2. The Bertz CT molecular complexity index is 1030. The fourth-order valence-corrected chi connectivity index (χ4v) is 2.51. The maximum Gasteiger partial charge on any atom is 0.418 e. The predicted molar refractivity (Wildman–Crippen MR) is 83.8 cm³/mol. The molecule has 28 heavy (non-hydrogen) atoms. The number of aromatic carboxylic acids is 1. The van der Waals surface area contributed by atoms with Crippen molar-refractivity contribution >= 4 is 5.97 Å². The van der Waals surface area contributed by atoms with Crippen LogP contribution in [-0.2, 0) is 12.4 Å². The summed E-state index contributed by atoms with van der Waals surface area (Å²) in [5, 5.41) is 12.8. The van der Waals surface area contributed by atoms with Gasteiger partial charge < -0.3 is 5.11 Å². The Morgan fingerprint density at radius 1 is 1.00 bits per heavy atom. The molecule has 1 N–H and O–H groups in total. The summed E-state index contributed by atoms with van der Waals surface area (Å²) in [5.41, 5.74) is -4.25. The van der Waals surface area contributed by atoms with Gasteiger partial charge in [0.05, 0.1) is 22.5 Å². The van der Waals surface area contributed by atoms with Crippen molar-refractivity contribution in [2.75, 3.05) is 0 Å². The van der Waals surface area contributed by atoms with Gasteiger partial charge in [-0.25, -0.2) is 9.48 Å². The van der Waals surface area contributed by atoms with E-state index in [4.69, 9.17) is 5.11 Å². The summed E-state index contributed by atoms with van der Waals surface area (Å²) < 4.78 is 79.6. The van der Waals surface area contributed by atoms with Crippen LogP contribution in [0.25, 0.3) is 16.9 Å². The van der Waals surface area contributed by atoms with E-state index >= 15 is 0 Å². The number of nitrogens with zero attached hydrogens (tertiary/aromatic N) is 3. The lowest BCUT2D eigenvalue weighted by Crippen LogP contribution is -2.15. The van der Waals surface area contributed by atoms with Gasteiger partial charge in [0, 0.05) is 18.0 Å². The smallest absolute Gasteiger partial charge is 0.418 e. The minimum absolute atomic E-state index is 0.0372. The van der Waals surface area contributed by atoms with Crippen molar-refractivity contribution in [2.24, 2.45) is 0 Å². The maximum absolute atomic E-state index is 13.5. The molecule has 3 aromatic rings. The van der Waals surface area contributed by atoms with Gasteiger partial charge in [-0.1, -0.05) is 0 Å². The minimum Gasteiger partial charge on any atom is -0.476 e. The SMILES string of the molecule is O=C(O)c1cc(-c2cccnc2)n(-c2ccc(C(F)(F)F)cc2C(F)(F)F)n1. The molecule has 0 aliphatic carbocycles. The van der Waals surface area contributed by atoms with Crippen molar-refractivity contribution in [2.45, 2.75) is 12.4 Å². The van der Waals surface area contributed by atoms with E-state index in [9.17, 15) is 31.1 Å². The van der Waals surface area contributed by atoms with Crippen molar-refractivity contribution in [1.29, 1.82) is 0 Å². The molecule has 0 aliphatic heterocycles. The summed E-state index contributed by atoms with van der Waals surface area (Å²) in [6.45, 7) is 0. The Morgan fingerprint density at radius 3 is 2.25 bits per heavy atom. The van der Waals surface area contributed by atoms with Gasteiger partial charge in [-0.2, -0.15) is 31.4 Å². The molecular weight excluding hydrogens is 392 g/mol. The van der Waals surface area contributed by atoms with Crippen LogP contribution in [0, 0.1) is 0 Å². The first-order chi connectivity index (χ1) is 13.0. The summed E-state index contributed by atoms with van der Waals surface area (Å²) in [6.07, 6.45) is -7.47. The zero-order valence-electron chi connectivity index (χ0n) is 13.6. The van der Waals surface area contributed by atoms with Gasteiger partial charge in [0.15, 0.2) is 5.69 Å². The van der Waals surface area contributed by atoms with Crippen molar-refractivity contribution in [3.8, 4) is 16.9 Å². The number of benzene rings is 1. The Kier molecular flexibility index (Phi) is 4.61. The molecule has 2 heterocycles. The normalized spacial score (nSPS) is 12.2. The standard InChI is InChI=1S/C17H9F6N3O2/c18-16(19,20)10-3-4-13(11(6-10)17(21,22)23)26-14(7-12(25-26)15(27)28)9-2-1-5-24-8-9/h1-8H,(H,27,28). The summed E-state index contributed by atoms with van der Waals surface area (Å²) in [6, 6.07) is 4.96. The average molecular weight is 401 g/mol. The quantitative estimate of drug-likeness (QED) is 0.648. The number of aromatic nitrogens is 3. The first-order valence-electron chi connectivity index (χ1n) is 7.51. The highest BCUT2D eigenvalue weighted by Crippen LogP contribution is 2.39. The fraction of sp³-hybridized carbons (Fsp3) is 0.118. The van der Waals surface area contributed by atoms with Gasteiger partial charge in [0.25, 0.3) is 0 Å². The Morgan fingerprint density at radius 2 is 1.71 bits per heavy atom. The van der Waals surface area contributed by atoms with Crippen LogP contribution >= 0.6 is 0 Å². The topological polar surface area (TPSA) is 68.0 Å². The molecule has 5 nitrogen and oxygen atoms in total. The fourth-order valence-electron chi connectivity index (χ4n) is 2.51. The number of rotatable bonds is 3. The van der Waals surface area contributed by atoms with Crippen LogP contribution < -0.4 is 0 Å². The van der Waals surface area contributed by atoms with E-state index in [2.05, 4.69) is 10.1 Å². The van der Waals surface area contributed by atoms with Crippen LogP contribution in [0.15, 0.2) is 48.8 Å². The van der Waals surface area contributed by atoms with Gasteiger partial charge in [0.1, 0.15) is 0 Å². The molecule has 0 bridgehead atoms. The Balaban J connectivity index is 2.30. The van der Waals surface area contributed by atoms with E-state index in [1.54, 1.807) is 0 Å². The second-order valence-corrected chi connectivity index (χ2v) is 5.60. The highest BCUT2D eigenvalue weighted by atomic mass is 19.4. The number of carbonyl (C=O) groups is 1. The van der Waals surface area contributed by atoms with Crippen LogP contribution in [0.4, 0.5) is 26.3 Å². The molecule has 3 rings (SSSR count). The Labute approximate surface area is 152 Å². The summed E-state index contributed by atoms with van der Waals surface area (Å²) in [5.74, 6) is -1.51. The zero-order valence-corrected chi connectivity index (χ0v) is 13.6. The molecule has 0 amide bonds. The number of pyridine rings is 1. The van der Waals surface area contributed by atoms with E-state index in [-0.39, 0.29) is 17.3 Å². The van der Waals surface area contributed by atoms with Crippen LogP contribution in [0.5, 0.6) is 0 Å². The van der Waals surface area contributed by atoms with Gasteiger partial charge in [-0.15, -0.1) is 0 Å². The van der Waals surface area contributed by atoms with E-state index < -0.39 is 40.8 Å². The summed E-state index contributed by atoms with van der Waals surface area (Å²) >= 11 is 0. The van der Waals surface area contributed by atoms with Crippen molar-refractivity contribution in [3.63, 3.8) is 0 Å². The first-order valence-corrected chi connectivity index (χ1v) is 7.51. The molecule has 0 unspecified atom stereocenters. The second kappa shape index (κ2) is 6.66. The molecule has 0 spiro atoms. The molecule has 0 atom stereocenters. The molecule has 2 aromatic heterocycles. The van der Waals surface area contributed by atoms with Crippen LogP contribution in [-0.4, -0.2) is 25.8 Å². The third-order valence-corrected chi connectivity index (χ3v) is 3.74.